The molecule has 1 amide bonds. The number of amides is 1. The minimum Gasteiger partial charge on any atom is -0.373 e. The number of carbonyl (C=O) groups is 1. The highest BCUT2D eigenvalue weighted by Crippen LogP contribution is 2.47. The minimum absolute atomic E-state index is 0.0635. The van der Waals surface area contributed by atoms with E-state index in [1.165, 1.54) is 0 Å². The molecule has 6 heteroatoms. The Kier molecular flexibility index (Phi) is 4.05. The van der Waals surface area contributed by atoms with Crippen LogP contribution < -0.4 is 0 Å². The SMILES string of the molecule is O=C(C1CC(F)C1)N1CC2(C[C@H](OCc3cccnc3)CS2)C1. The second-order valence-electron chi connectivity index (χ2n) is 6.95. The van der Waals surface area contributed by atoms with Gasteiger partial charge in [-0.05, 0) is 30.9 Å². The second-order valence-corrected chi connectivity index (χ2v) is 8.44. The number of hydrogen-bond donors (Lipinski definition) is 0. The maximum absolute atomic E-state index is 12.9. The lowest BCUT2D eigenvalue weighted by molar-refractivity contribution is -0.146. The van der Waals surface area contributed by atoms with Crippen molar-refractivity contribution in [3.05, 3.63) is 30.1 Å². The van der Waals surface area contributed by atoms with E-state index < -0.39 is 6.17 Å². The predicted octanol–water partition coefficient (Wildman–Crippen LogP) is 2.43. The van der Waals surface area contributed by atoms with Crippen LogP contribution in [0, 0.1) is 5.92 Å². The highest BCUT2D eigenvalue weighted by atomic mass is 32.2. The maximum Gasteiger partial charge on any atom is 0.225 e. The molecule has 4 rings (SSSR count). The number of carbonyl (C=O) groups excluding carboxylic acids is 1. The maximum atomic E-state index is 12.9. The summed E-state index contributed by atoms with van der Waals surface area (Å²) in [7, 11) is 0. The zero-order valence-corrected chi connectivity index (χ0v) is 13.8. The third-order valence-corrected chi connectivity index (χ3v) is 6.66. The Balaban J connectivity index is 1.23. The van der Waals surface area contributed by atoms with Crippen molar-refractivity contribution in [3.63, 3.8) is 0 Å². The van der Waals surface area contributed by atoms with Gasteiger partial charge in [0.25, 0.3) is 0 Å². The van der Waals surface area contributed by atoms with Gasteiger partial charge < -0.3 is 9.64 Å². The molecule has 1 aromatic rings. The van der Waals surface area contributed by atoms with Crippen molar-refractivity contribution in [3.8, 4) is 0 Å². The Morgan fingerprint density at radius 2 is 2.30 bits per heavy atom. The van der Waals surface area contributed by atoms with Gasteiger partial charge in [-0.15, -0.1) is 11.8 Å². The van der Waals surface area contributed by atoms with Gasteiger partial charge in [-0.2, -0.15) is 0 Å². The van der Waals surface area contributed by atoms with Crippen LogP contribution in [0.25, 0.3) is 0 Å². The first-order chi connectivity index (χ1) is 11.1. The molecule has 0 N–H and O–H groups in total. The first-order valence-corrected chi connectivity index (χ1v) is 9.19. The molecule has 2 aliphatic heterocycles. The van der Waals surface area contributed by atoms with Crippen LogP contribution in [0.2, 0.25) is 0 Å². The van der Waals surface area contributed by atoms with E-state index in [0.29, 0.717) is 19.4 Å². The lowest BCUT2D eigenvalue weighted by Gasteiger charge is -2.49. The summed E-state index contributed by atoms with van der Waals surface area (Å²) < 4.78 is 19.1. The van der Waals surface area contributed by atoms with Gasteiger partial charge in [-0.25, -0.2) is 4.39 Å². The molecule has 1 atom stereocenters. The van der Waals surface area contributed by atoms with Crippen molar-refractivity contribution in [2.24, 2.45) is 5.92 Å². The molecule has 3 fully saturated rings. The van der Waals surface area contributed by atoms with Gasteiger partial charge in [-0.3, -0.25) is 9.78 Å². The van der Waals surface area contributed by atoms with Crippen LogP contribution in [0.15, 0.2) is 24.5 Å². The predicted molar refractivity (Wildman–Crippen MR) is 86.8 cm³/mol. The topological polar surface area (TPSA) is 42.4 Å². The molecule has 0 unspecified atom stereocenters. The van der Waals surface area contributed by atoms with Gasteiger partial charge in [0.15, 0.2) is 0 Å². The molecule has 23 heavy (non-hydrogen) atoms. The van der Waals surface area contributed by atoms with Gasteiger partial charge in [0.2, 0.25) is 5.91 Å². The van der Waals surface area contributed by atoms with Crippen LogP contribution in [-0.2, 0) is 16.1 Å². The number of hydrogen-bond acceptors (Lipinski definition) is 4. The lowest BCUT2D eigenvalue weighted by atomic mass is 9.80. The van der Waals surface area contributed by atoms with Crippen molar-refractivity contribution < 1.29 is 13.9 Å². The zero-order chi connectivity index (χ0) is 15.9. The highest BCUT2D eigenvalue weighted by Gasteiger charge is 2.52. The highest BCUT2D eigenvalue weighted by molar-refractivity contribution is 8.01. The standard InChI is InChI=1S/C17H21FN2O2S/c18-14-4-13(5-14)16(21)20-10-17(11-20)6-15(9-23-17)22-8-12-2-1-3-19-7-12/h1-3,7,13-15H,4-6,8-11H2/t13?,14?,15-/m0/s1. The van der Waals surface area contributed by atoms with Gasteiger partial charge >= 0.3 is 0 Å². The van der Waals surface area contributed by atoms with E-state index in [9.17, 15) is 9.18 Å². The second kappa shape index (κ2) is 6.06. The van der Waals surface area contributed by atoms with E-state index in [4.69, 9.17) is 4.74 Å². The monoisotopic (exact) mass is 336 g/mol. The lowest BCUT2D eigenvalue weighted by Crippen LogP contribution is -2.62. The summed E-state index contributed by atoms with van der Waals surface area (Å²) in [5.74, 6) is 1.08. The average Bonchev–Trinajstić information content (AvgIpc) is 2.93. The molecule has 3 aliphatic rings. The molecule has 0 bridgehead atoms. The molecule has 1 aliphatic carbocycles. The van der Waals surface area contributed by atoms with Gasteiger partial charge in [-0.1, -0.05) is 6.07 Å². The summed E-state index contributed by atoms with van der Waals surface area (Å²) in [4.78, 5) is 18.2. The Labute approximate surface area is 139 Å². The van der Waals surface area contributed by atoms with Crippen LogP contribution in [0.4, 0.5) is 4.39 Å². The summed E-state index contributed by atoms with van der Waals surface area (Å²) in [6.07, 6.45) is 4.92. The number of thioether (sulfide) groups is 1. The Morgan fingerprint density at radius 3 is 3.00 bits per heavy atom. The zero-order valence-electron chi connectivity index (χ0n) is 13.0. The van der Waals surface area contributed by atoms with E-state index >= 15 is 0 Å². The van der Waals surface area contributed by atoms with Crippen molar-refractivity contribution in [1.82, 2.24) is 9.88 Å². The molecule has 1 spiro atoms. The van der Waals surface area contributed by atoms with Crippen LogP contribution in [-0.4, -0.2) is 51.7 Å². The third kappa shape index (κ3) is 3.11. The fourth-order valence-corrected chi connectivity index (χ4v) is 5.19. The Bertz CT molecular complexity index is 573. The summed E-state index contributed by atoms with van der Waals surface area (Å²) in [6, 6.07) is 3.94. The summed E-state index contributed by atoms with van der Waals surface area (Å²) in [5.41, 5.74) is 1.09. The number of likely N-dealkylation sites (tertiary alicyclic amines) is 1. The van der Waals surface area contributed by atoms with Crippen LogP contribution in [0.3, 0.4) is 0 Å². The van der Waals surface area contributed by atoms with Gasteiger partial charge in [0, 0.05) is 37.2 Å². The van der Waals surface area contributed by atoms with Crippen molar-refractivity contribution in [2.45, 2.75) is 42.9 Å². The fraction of sp³-hybridized carbons (Fsp3) is 0.647. The van der Waals surface area contributed by atoms with Gasteiger partial charge in [0.1, 0.15) is 6.17 Å². The van der Waals surface area contributed by atoms with E-state index in [0.717, 1.165) is 30.8 Å². The molecule has 1 saturated carbocycles. The number of aromatic nitrogens is 1. The summed E-state index contributed by atoms with van der Waals surface area (Å²) in [6.45, 7) is 2.20. The normalized spacial score (nSPS) is 31.7. The van der Waals surface area contributed by atoms with Crippen LogP contribution in [0.5, 0.6) is 0 Å². The molecule has 2 saturated heterocycles. The molecule has 0 radical (unpaired) electrons. The quantitative estimate of drug-likeness (QED) is 0.847. The van der Waals surface area contributed by atoms with Gasteiger partial charge in [0.05, 0.1) is 17.5 Å². The Hall–Kier alpha value is -1.14. The summed E-state index contributed by atoms with van der Waals surface area (Å²) >= 11 is 1.93. The number of alkyl halides is 1. The summed E-state index contributed by atoms with van der Waals surface area (Å²) in [5, 5.41) is 0. The average molecular weight is 336 g/mol. The molecule has 3 heterocycles. The minimum atomic E-state index is -0.759. The molecule has 4 nitrogen and oxygen atoms in total. The van der Waals surface area contributed by atoms with Crippen molar-refractivity contribution in [1.29, 1.82) is 0 Å². The number of rotatable bonds is 4. The van der Waals surface area contributed by atoms with Crippen LogP contribution in [0.1, 0.15) is 24.8 Å². The van der Waals surface area contributed by atoms with Crippen LogP contribution >= 0.6 is 11.8 Å². The number of pyridine rings is 1. The fourth-order valence-electron chi connectivity index (χ4n) is 3.64. The molecular formula is C17H21FN2O2S. The van der Waals surface area contributed by atoms with E-state index in [1.807, 2.05) is 35.0 Å². The Morgan fingerprint density at radius 1 is 1.48 bits per heavy atom. The number of halogens is 1. The first kappa shape index (κ1) is 15.4. The van der Waals surface area contributed by atoms with E-state index in [2.05, 4.69) is 4.98 Å². The smallest absolute Gasteiger partial charge is 0.225 e. The third-order valence-electron chi connectivity index (χ3n) is 5.08. The van der Waals surface area contributed by atoms with Crippen molar-refractivity contribution in [2.75, 3.05) is 18.8 Å². The molecular weight excluding hydrogens is 315 g/mol. The van der Waals surface area contributed by atoms with E-state index in [-0.39, 0.29) is 22.7 Å². The molecule has 1 aromatic heterocycles. The van der Waals surface area contributed by atoms with Crippen molar-refractivity contribution >= 4 is 17.7 Å². The first-order valence-electron chi connectivity index (χ1n) is 8.21. The largest absolute Gasteiger partial charge is 0.373 e. The van der Waals surface area contributed by atoms with E-state index in [1.54, 1.807) is 6.20 Å². The number of nitrogens with zero attached hydrogens (tertiary/aromatic N) is 2. The number of ether oxygens (including phenoxy) is 1. The molecule has 0 aromatic carbocycles. The molecule has 124 valence electrons.